The summed E-state index contributed by atoms with van der Waals surface area (Å²) >= 11 is 0. The molecule has 0 spiro atoms. The van der Waals surface area contributed by atoms with Gasteiger partial charge in [0, 0.05) is 22.9 Å². The van der Waals surface area contributed by atoms with Crippen molar-refractivity contribution in [1.29, 1.82) is 5.26 Å². The Morgan fingerprint density at radius 1 is 1.35 bits per heavy atom. The summed E-state index contributed by atoms with van der Waals surface area (Å²) in [7, 11) is 3.15. The van der Waals surface area contributed by atoms with Crippen molar-refractivity contribution in [3.8, 4) is 23.4 Å². The lowest BCUT2D eigenvalue weighted by Crippen LogP contribution is -2.21. The van der Waals surface area contributed by atoms with Crippen molar-refractivity contribution >= 4 is 0 Å². The lowest BCUT2D eigenvalue weighted by molar-refractivity contribution is 0.373. The van der Waals surface area contributed by atoms with Gasteiger partial charge < -0.3 is 19.9 Å². The molecule has 0 aliphatic carbocycles. The van der Waals surface area contributed by atoms with Crippen LogP contribution in [0.1, 0.15) is 22.7 Å². The van der Waals surface area contributed by atoms with Crippen LogP contribution >= 0.6 is 0 Å². The van der Waals surface area contributed by atoms with Crippen LogP contribution < -0.4 is 19.9 Å². The summed E-state index contributed by atoms with van der Waals surface area (Å²) in [4.78, 5) is 0. The van der Waals surface area contributed by atoms with Gasteiger partial charge in [0.2, 0.25) is 11.8 Å². The fourth-order valence-electron chi connectivity index (χ4n) is 2.77. The molecule has 0 radical (unpaired) electrons. The van der Waals surface area contributed by atoms with Crippen LogP contribution in [0.3, 0.4) is 0 Å². The first-order chi connectivity index (χ1) is 11.1. The zero-order valence-electron chi connectivity index (χ0n) is 13.0. The van der Waals surface area contributed by atoms with Gasteiger partial charge in [-0.2, -0.15) is 5.26 Å². The molecule has 2 heterocycles. The standard InChI is InChI=1S/C16H16N4O3/c1-8-13-14(10-5-4-9(21-2)6-12(10)22-3)11(7-17)15(18)23-16(13)20-19-8/h4-6,14H,18H2,1-3H3,(H,19,20)/t14-/m0/s1. The lowest BCUT2D eigenvalue weighted by atomic mass is 9.83. The van der Waals surface area contributed by atoms with Crippen LogP contribution in [0.2, 0.25) is 0 Å². The molecule has 3 N–H and O–H groups in total. The van der Waals surface area contributed by atoms with E-state index in [2.05, 4.69) is 16.3 Å². The van der Waals surface area contributed by atoms with E-state index >= 15 is 0 Å². The SMILES string of the molecule is COc1ccc([C@H]2C(C#N)=C(N)Oc3n[nH]c(C)c32)c(OC)c1. The molecular formula is C16H16N4O3. The zero-order valence-corrected chi connectivity index (χ0v) is 13.0. The topological polar surface area (TPSA) is 106 Å². The molecule has 3 rings (SSSR count). The van der Waals surface area contributed by atoms with Gasteiger partial charge in [-0.25, -0.2) is 0 Å². The number of aromatic amines is 1. The summed E-state index contributed by atoms with van der Waals surface area (Å²) in [6.07, 6.45) is 0. The van der Waals surface area contributed by atoms with E-state index in [0.717, 1.165) is 16.8 Å². The number of H-pyrrole nitrogens is 1. The van der Waals surface area contributed by atoms with Gasteiger partial charge in [-0.05, 0) is 13.0 Å². The minimum absolute atomic E-state index is 0.0503. The van der Waals surface area contributed by atoms with Gasteiger partial charge >= 0.3 is 0 Å². The Labute approximate surface area is 133 Å². The van der Waals surface area contributed by atoms with Crippen molar-refractivity contribution in [2.45, 2.75) is 12.8 Å². The maximum atomic E-state index is 9.55. The summed E-state index contributed by atoms with van der Waals surface area (Å²) in [5.41, 5.74) is 8.61. The Morgan fingerprint density at radius 3 is 2.78 bits per heavy atom. The number of rotatable bonds is 3. The molecule has 1 aliphatic rings. The van der Waals surface area contributed by atoms with Crippen LogP contribution in [0, 0.1) is 18.3 Å². The van der Waals surface area contributed by atoms with Gasteiger partial charge in [-0.15, -0.1) is 5.10 Å². The van der Waals surface area contributed by atoms with Gasteiger partial charge in [0.15, 0.2) is 0 Å². The number of hydrogen-bond acceptors (Lipinski definition) is 6. The molecule has 7 heteroatoms. The number of aryl methyl sites for hydroxylation is 1. The highest BCUT2D eigenvalue weighted by Crippen LogP contribution is 2.45. The maximum Gasteiger partial charge on any atom is 0.244 e. The summed E-state index contributed by atoms with van der Waals surface area (Å²) in [5.74, 6) is 1.28. The van der Waals surface area contributed by atoms with Crippen molar-refractivity contribution in [3.63, 3.8) is 0 Å². The molecule has 0 fully saturated rings. The Bertz CT molecular complexity index is 832. The molecule has 1 atom stereocenters. The number of allylic oxidation sites excluding steroid dienone is 1. The highest BCUT2D eigenvalue weighted by atomic mass is 16.5. The number of fused-ring (bicyclic) bond motifs is 1. The van der Waals surface area contributed by atoms with E-state index in [1.165, 1.54) is 0 Å². The third-order valence-electron chi connectivity index (χ3n) is 3.88. The van der Waals surface area contributed by atoms with E-state index in [1.807, 2.05) is 19.1 Å². The molecule has 1 aromatic heterocycles. The number of nitriles is 1. The van der Waals surface area contributed by atoms with Crippen LogP contribution in [-0.4, -0.2) is 24.4 Å². The molecule has 0 bridgehead atoms. The van der Waals surface area contributed by atoms with Gasteiger partial charge in [0.05, 0.1) is 20.1 Å². The summed E-state index contributed by atoms with van der Waals surface area (Å²) < 4.78 is 16.2. The van der Waals surface area contributed by atoms with Crippen molar-refractivity contribution in [2.24, 2.45) is 5.73 Å². The quantitative estimate of drug-likeness (QED) is 0.897. The summed E-state index contributed by atoms with van der Waals surface area (Å²) in [5, 5.41) is 16.5. The number of ether oxygens (including phenoxy) is 3. The predicted molar refractivity (Wildman–Crippen MR) is 82.2 cm³/mol. The van der Waals surface area contributed by atoms with Crippen LogP contribution in [-0.2, 0) is 0 Å². The lowest BCUT2D eigenvalue weighted by Gasteiger charge is -2.25. The van der Waals surface area contributed by atoms with E-state index in [4.69, 9.17) is 19.9 Å². The number of methoxy groups -OCH3 is 2. The van der Waals surface area contributed by atoms with Crippen LogP contribution in [0.4, 0.5) is 0 Å². The first-order valence-corrected chi connectivity index (χ1v) is 6.95. The molecule has 0 saturated carbocycles. The molecule has 2 aromatic rings. The van der Waals surface area contributed by atoms with E-state index in [9.17, 15) is 5.26 Å². The number of nitrogens with two attached hydrogens (primary N) is 1. The third-order valence-corrected chi connectivity index (χ3v) is 3.88. The van der Waals surface area contributed by atoms with Crippen LogP contribution in [0.5, 0.6) is 17.4 Å². The molecule has 118 valence electrons. The second-order valence-corrected chi connectivity index (χ2v) is 5.10. The van der Waals surface area contributed by atoms with Crippen LogP contribution in [0.25, 0.3) is 0 Å². The van der Waals surface area contributed by atoms with Gasteiger partial charge in [0.25, 0.3) is 0 Å². The van der Waals surface area contributed by atoms with Crippen molar-refractivity contribution < 1.29 is 14.2 Å². The van der Waals surface area contributed by atoms with Crippen molar-refractivity contribution in [3.05, 3.63) is 46.5 Å². The Morgan fingerprint density at radius 2 is 2.13 bits per heavy atom. The highest BCUT2D eigenvalue weighted by molar-refractivity contribution is 5.58. The molecule has 0 unspecified atom stereocenters. The molecule has 1 aromatic carbocycles. The number of hydrogen-bond donors (Lipinski definition) is 2. The fraction of sp³-hybridized carbons (Fsp3) is 0.250. The van der Waals surface area contributed by atoms with Crippen molar-refractivity contribution in [2.75, 3.05) is 14.2 Å². The van der Waals surface area contributed by atoms with Crippen molar-refractivity contribution in [1.82, 2.24) is 10.2 Å². The smallest absolute Gasteiger partial charge is 0.244 e. The average molecular weight is 312 g/mol. The Hall–Kier alpha value is -3.14. The Balaban J connectivity index is 2.25. The Kier molecular flexibility index (Phi) is 3.58. The van der Waals surface area contributed by atoms with E-state index in [1.54, 1.807) is 20.3 Å². The first-order valence-electron chi connectivity index (χ1n) is 6.95. The highest BCUT2D eigenvalue weighted by Gasteiger charge is 2.35. The summed E-state index contributed by atoms with van der Waals surface area (Å²) in [6, 6.07) is 7.58. The number of nitrogens with zero attached hydrogens (tertiary/aromatic N) is 2. The average Bonchev–Trinajstić information content (AvgIpc) is 2.93. The van der Waals surface area contributed by atoms with Crippen LogP contribution in [0.15, 0.2) is 29.7 Å². The second-order valence-electron chi connectivity index (χ2n) is 5.10. The molecule has 0 amide bonds. The zero-order chi connectivity index (χ0) is 16.6. The van der Waals surface area contributed by atoms with E-state index in [-0.39, 0.29) is 5.88 Å². The number of benzene rings is 1. The monoisotopic (exact) mass is 312 g/mol. The molecule has 0 saturated heterocycles. The van der Waals surface area contributed by atoms with Gasteiger partial charge in [-0.3, -0.25) is 5.10 Å². The molecular weight excluding hydrogens is 296 g/mol. The van der Waals surface area contributed by atoms with E-state index < -0.39 is 5.92 Å². The van der Waals surface area contributed by atoms with E-state index in [0.29, 0.717) is 23.0 Å². The number of aromatic nitrogens is 2. The van der Waals surface area contributed by atoms with Gasteiger partial charge in [0.1, 0.15) is 23.1 Å². The minimum atomic E-state index is -0.414. The molecule has 7 nitrogen and oxygen atoms in total. The fourth-order valence-corrected chi connectivity index (χ4v) is 2.77. The predicted octanol–water partition coefficient (Wildman–Crippen LogP) is 1.95. The normalized spacial score (nSPS) is 16.3. The van der Waals surface area contributed by atoms with Gasteiger partial charge in [-0.1, -0.05) is 6.07 Å². The number of nitrogens with one attached hydrogen (secondary N) is 1. The third kappa shape index (κ3) is 2.25. The summed E-state index contributed by atoms with van der Waals surface area (Å²) in [6.45, 7) is 1.87. The largest absolute Gasteiger partial charge is 0.497 e. The minimum Gasteiger partial charge on any atom is -0.497 e. The maximum absolute atomic E-state index is 9.55. The second kappa shape index (κ2) is 5.57. The first kappa shape index (κ1) is 14.8. The molecule has 1 aliphatic heterocycles. The molecule has 23 heavy (non-hydrogen) atoms.